The van der Waals surface area contributed by atoms with Gasteiger partial charge in [-0.15, -0.1) is 0 Å². The summed E-state index contributed by atoms with van der Waals surface area (Å²) in [7, 11) is 0. The van der Waals surface area contributed by atoms with Gasteiger partial charge in [0.05, 0.1) is 0 Å². The van der Waals surface area contributed by atoms with Crippen LogP contribution in [0.4, 0.5) is 10.1 Å². The lowest BCUT2D eigenvalue weighted by Crippen LogP contribution is -1.86. The first-order chi connectivity index (χ1) is 5.27. The quantitative estimate of drug-likeness (QED) is 0.582. The normalized spacial score (nSPS) is 10.6. The van der Waals surface area contributed by atoms with Crippen molar-refractivity contribution in [2.75, 3.05) is 5.73 Å². The van der Waals surface area contributed by atoms with Crippen LogP contribution in [-0.2, 0) is 0 Å². The van der Waals surface area contributed by atoms with E-state index in [0.717, 1.165) is 0 Å². The van der Waals surface area contributed by atoms with Gasteiger partial charge in [0.15, 0.2) is 17.8 Å². The number of hydrogen-bond donors (Lipinski definition) is 1. The summed E-state index contributed by atoms with van der Waals surface area (Å²) in [4.78, 5) is 3.75. The Labute approximate surface area is 61.6 Å². The molecule has 0 fully saturated rings. The third-order valence-corrected chi connectivity index (χ3v) is 1.41. The van der Waals surface area contributed by atoms with Crippen LogP contribution in [0.1, 0.15) is 0 Å². The summed E-state index contributed by atoms with van der Waals surface area (Å²) in [5.41, 5.74) is 6.31. The number of rotatable bonds is 0. The summed E-state index contributed by atoms with van der Waals surface area (Å²) in [6.07, 6.45) is 1.19. The van der Waals surface area contributed by atoms with Gasteiger partial charge in [0.1, 0.15) is 5.52 Å². The van der Waals surface area contributed by atoms with Crippen molar-refractivity contribution in [3.63, 3.8) is 0 Å². The molecular weight excluding hydrogens is 147 g/mol. The summed E-state index contributed by atoms with van der Waals surface area (Å²) in [6, 6.07) is 2.76. The van der Waals surface area contributed by atoms with Gasteiger partial charge < -0.3 is 10.2 Å². The van der Waals surface area contributed by atoms with Crippen molar-refractivity contribution in [3.05, 3.63) is 24.3 Å². The molecule has 2 aromatic rings. The maximum absolute atomic E-state index is 12.9. The molecule has 0 unspecified atom stereocenters. The largest absolute Gasteiger partial charge is 0.440 e. The van der Waals surface area contributed by atoms with E-state index in [0.29, 0.717) is 11.2 Å². The van der Waals surface area contributed by atoms with Crippen molar-refractivity contribution in [3.8, 4) is 0 Å². The van der Waals surface area contributed by atoms with Crippen molar-refractivity contribution < 1.29 is 8.81 Å². The van der Waals surface area contributed by atoms with E-state index in [1.807, 2.05) is 0 Å². The van der Waals surface area contributed by atoms with Crippen LogP contribution in [0.15, 0.2) is 22.9 Å². The van der Waals surface area contributed by atoms with E-state index >= 15 is 0 Å². The average Bonchev–Trinajstić information content (AvgIpc) is 2.34. The molecule has 0 amide bonds. The van der Waals surface area contributed by atoms with E-state index in [9.17, 15) is 4.39 Å². The SMILES string of the molecule is Nc1cc(F)c2ocnc2c1. The van der Waals surface area contributed by atoms with Gasteiger partial charge >= 0.3 is 0 Å². The summed E-state index contributed by atoms with van der Waals surface area (Å²) < 4.78 is 17.6. The van der Waals surface area contributed by atoms with Crippen LogP contribution >= 0.6 is 0 Å². The number of anilines is 1. The van der Waals surface area contributed by atoms with E-state index in [2.05, 4.69) is 4.98 Å². The van der Waals surface area contributed by atoms with Crippen molar-refractivity contribution in [2.45, 2.75) is 0 Å². The molecule has 4 heteroatoms. The number of halogens is 1. The number of aromatic nitrogens is 1. The molecule has 0 saturated carbocycles. The van der Waals surface area contributed by atoms with Crippen LogP contribution in [0.3, 0.4) is 0 Å². The van der Waals surface area contributed by atoms with Gasteiger partial charge in [-0.3, -0.25) is 0 Å². The zero-order valence-corrected chi connectivity index (χ0v) is 5.54. The lowest BCUT2D eigenvalue weighted by Gasteiger charge is -1.91. The molecule has 11 heavy (non-hydrogen) atoms. The third kappa shape index (κ3) is 0.832. The molecule has 0 aliphatic carbocycles. The molecule has 56 valence electrons. The number of nitrogens with two attached hydrogens (primary N) is 1. The molecule has 1 heterocycles. The second kappa shape index (κ2) is 1.95. The highest BCUT2D eigenvalue weighted by Crippen LogP contribution is 2.19. The fourth-order valence-corrected chi connectivity index (χ4v) is 0.948. The molecule has 0 spiro atoms. The molecule has 0 bridgehead atoms. The van der Waals surface area contributed by atoms with Crippen LogP contribution in [-0.4, -0.2) is 4.98 Å². The molecule has 2 rings (SSSR count). The zero-order chi connectivity index (χ0) is 7.84. The monoisotopic (exact) mass is 152 g/mol. The van der Waals surface area contributed by atoms with Gasteiger partial charge in [0.25, 0.3) is 0 Å². The molecular formula is C7H5FN2O. The highest BCUT2D eigenvalue weighted by molar-refractivity contribution is 5.76. The summed E-state index contributed by atoms with van der Waals surface area (Å²) >= 11 is 0. The zero-order valence-electron chi connectivity index (χ0n) is 5.54. The fourth-order valence-electron chi connectivity index (χ4n) is 0.948. The molecule has 0 aliphatic heterocycles. The first-order valence-electron chi connectivity index (χ1n) is 3.05. The van der Waals surface area contributed by atoms with Gasteiger partial charge in [-0.25, -0.2) is 9.37 Å². The minimum absolute atomic E-state index is 0.152. The Bertz CT molecular complexity index is 396. The average molecular weight is 152 g/mol. The number of hydrogen-bond acceptors (Lipinski definition) is 3. The highest BCUT2D eigenvalue weighted by Gasteiger charge is 2.05. The standard InChI is InChI=1S/C7H5FN2O/c8-5-1-4(9)2-6-7(5)11-3-10-6/h1-3H,9H2. The number of benzene rings is 1. The summed E-state index contributed by atoms with van der Waals surface area (Å²) in [5.74, 6) is -0.475. The van der Waals surface area contributed by atoms with E-state index in [-0.39, 0.29) is 5.58 Å². The predicted octanol–water partition coefficient (Wildman–Crippen LogP) is 1.55. The Hall–Kier alpha value is -1.58. The van der Waals surface area contributed by atoms with Crippen molar-refractivity contribution >= 4 is 16.8 Å². The molecule has 0 atom stereocenters. The van der Waals surface area contributed by atoms with Crippen LogP contribution in [0.25, 0.3) is 11.1 Å². The molecule has 0 aliphatic rings. The lowest BCUT2D eigenvalue weighted by molar-refractivity contribution is 0.554. The van der Waals surface area contributed by atoms with E-state index in [1.54, 1.807) is 6.07 Å². The van der Waals surface area contributed by atoms with Gasteiger partial charge in [0, 0.05) is 11.8 Å². The number of oxazole rings is 1. The minimum atomic E-state index is -0.475. The van der Waals surface area contributed by atoms with E-state index in [1.165, 1.54) is 12.5 Å². The van der Waals surface area contributed by atoms with Crippen molar-refractivity contribution in [1.29, 1.82) is 0 Å². The van der Waals surface area contributed by atoms with Crippen molar-refractivity contribution in [1.82, 2.24) is 4.98 Å². The van der Waals surface area contributed by atoms with Crippen LogP contribution in [0, 0.1) is 5.82 Å². The third-order valence-electron chi connectivity index (χ3n) is 1.41. The van der Waals surface area contributed by atoms with Gasteiger partial charge in [-0.05, 0) is 6.07 Å². The maximum Gasteiger partial charge on any atom is 0.190 e. The smallest absolute Gasteiger partial charge is 0.190 e. The number of nitrogens with zero attached hydrogens (tertiary/aromatic N) is 1. The first kappa shape index (κ1) is 6.15. The van der Waals surface area contributed by atoms with E-state index < -0.39 is 5.82 Å². The molecule has 1 aromatic heterocycles. The number of fused-ring (bicyclic) bond motifs is 1. The topological polar surface area (TPSA) is 52.0 Å². The Balaban J connectivity index is 2.91. The molecule has 2 N–H and O–H groups in total. The summed E-state index contributed by atoms with van der Waals surface area (Å²) in [6.45, 7) is 0. The highest BCUT2D eigenvalue weighted by atomic mass is 19.1. The minimum Gasteiger partial charge on any atom is -0.440 e. The Morgan fingerprint density at radius 2 is 2.27 bits per heavy atom. The Morgan fingerprint density at radius 1 is 1.45 bits per heavy atom. The second-order valence-electron chi connectivity index (χ2n) is 2.20. The molecule has 0 radical (unpaired) electrons. The fraction of sp³-hybridized carbons (Fsp3) is 0. The predicted molar refractivity (Wildman–Crippen MR) is 38.4 cm³/mol. The number of nitrogen functional groups attached to an aromatic ring is 1. The van der Waals surface area contributed by atoms with Crippen LogP contribution in [0.2, 0.25) is 0 Å². The molecule has 3 nitrogen and oxygen atoms in total. The van der Waals surface area contributed by atoms with E-state index in [4.69, 9.17) is 10.2 Å². The lowest BCUT2D eigenvalue weighted by atomic mass is 10.3. The Morgan fingerprint density at radius 3 is 3.09 bits per heavy atom. The van der Waals surface area contributed by atoms with Crippen LogP contribution in [0.5, 0.6) is 0 Å². The van der Waals surface area contributed by atoms with Gasteiger partial charge in [0.2, 0.25) is 0 Å². The second-order valence-corrected chi connectivity index (χ2v) is 2.20. The molecule has 0 saturated heterocycles. The molecule has 1 aromatic carbocycles. The summed E-state index contributed by atoms with van der Waals surface area (Å²) in [5, 5.41) is 0. The van der Waals surface area contributed by atoms with Crippen molar-refractivity contribution in [2.24, 2.45) is 0 Å². The van der Waals surface area contributed by atoms with Crippen LogP contribution < -0.4 is 5.73 Å². The van der Waals surface area contributed by atoms with Gasteiger partial charge in [-0.2, -0.15) is 0 Å². The Kier molecular flexibility index (Phi) is 1.09. The maximum atomic E-state index is 12.9. The van der Waals surface area contributed by atoms with Gasteiger partial charge in [-0.1, -0.05) is 0 Å². The first-order valence-corrected chi connectivity index (χ1v) is 3.05.